The van der Waals surface area contributed by atoms with Crippen molar-refractivity contribution in [2.45, 2.75) is 45.4 Å². The lowest BCUT2D eigenvalue weighted by Crippen LogP contribution is -2.58. The zero-order valence-corrected chi connectivity index (χ0v) is 19.4. The Morgan fingerprint density at radius 3 is 2.65 bits per heavy atom. The lowest BCUT2D eigenvalue weighted by atomic mass is 10.1. The van der Waals surface area contributed by atoms with E-state index in [9.17, 15) is 14.9 Å². The summed E-state index contributed by atoms with van der Waals surface area (Å²) in [5, 5.41) is 14.9. The second-order valence-corrected chi connectivity index (χ2v) is 9.21. The van der Waals surface area contributed by atoms with Crippen LogP contribution in [-0.2, 0) is 4.74 Å². The van der Waals surface area contributed by atoms with Gasteiger partial charge in [-0.15, -0.1) is 0 Å². The van der Waals surface area contributed by atoms with E-state index in [0.717, 1.165) is 0 Å². The van der Waals surface area contributed by atoms with Gasteiger partial charge in [-0.1, -0.05) is 22.0 Å². The third-order valence-electron chi connectivity index (χ3n) is 4.53. The van der Waals surface area contributed by atoms with Crippen LogP contribution < -0.4 is 10.1 Å². The van der Waals surface area contributed by atoms with Gasteiger partial charge in [0, 0.05) is 29.8 Å². The van der Waals surface area contributed by atoms with E-state index < -0.39 is 22.7 Å². The number of nitrogens with one attached hydrogen (secondary N) is 1. The summed E-state index contributed by atoms with van der Waals surface area (Å²) in [4.78, 5) is 29.2. The standard InChI is InChI=1S/C21H25BrN4O5/c1-13(16-7-5-6-8-23-16)30-18-10-14(22)9-17(26(28)29)19(18)24-15-11-25(12-15)20(27)31-21(2,3)4/h5-10,13,15,24H,11-12H2,1-4H3/t13-/m1/s1. The van der Waals surface area contributed by atoms with Crippen molar-refractivity contribution in [3.8, 4) is 5.75 Å². The van der Waals surface area contributed by atoms with Gasteiger partial charge in [0.2, 0.25) is 0 Å². The van der Waals surface area contributed by atoms with Crippen LogP contribution in [0.5, 0.6) is 5.75 Å². The number of anilines is 1. The fourth-order valence-electron chi connectivity index (χ4n) is 3.07. The summed E-state index contributed by atoms with van der Waals surface area (Å²) >= 11 is 3.32. The summed E-state index contributed by atoms with van der Waals surface area (Å²) in [5.74, 6) is 0.329. The van der Waals surface area contributed by atoms with Crippen LogP contribution in [0.4, 0.5) is 16.2 Å². The topological polar surface area (TPSA) is 107 Å². The van der Waals surface area contributed by atoms with Crippen LogP contribution in [0.25, 0.3) is 0 Å². The SMILES string of the molecule is C[C@@H](Oc1cc(Br)cc([N+](=O)[O-])c1NC1CN(C(=O)OC(C)(C)C)C1)c1ccccn1. The summed E-state index contributed by atoms with van der Waals surface area (Å²) in [6.45, 7) is 7.98. The highest BCUT2D eigenvalue weighted by Gasteiger charge is 2.35. The fraction of sp³-hybridized carbons (Fsp3) is 0.429. The molecule has 1 atom stereocenters. The average molecular weight is 493 g/mol. The number of halogens is 1. The number of nitrogens with zero attached hydrogens (tertiary/aromatic N) is 3. The monoisotopic (exact) mass is 492 g/mol. The Morgan fingerprint density at radius 2 is 2.06 bits per heavy atom. The second kappa shape index (κ2) is 9.09. The minimum absolute atomic E-state index is 0.117. The van der Waals surface area contributed by atoms with Gasteiger partial charge in [-0.25, -0.2) is 4.79 Å². The van der Waals surface area contributed by atoms with E-state index in [0.29, 0.717) is 29.0 Å². The molecule has 1 aliphatic rings. The van der Waals surface area contributed by atoms with Gasteiger partial charge in [0.25, 0.3) is 5.69 Å². The predicted molar refractivity (Wildman–Crippen MR) is 119 cm³/mol. The van der Waals surface area contributed by atoms with Crippen LogP contribution in [0.1, 0.15) is 39.5 Å². The van der Waals surface area contributed by atoms with Gasteiger partial charge in [-0.3, -0.25) is 15.1 Å². The van der Waals surface area contributed by atoms with Crippen molar-refractivity contribution in [3.63, 3.8) is 0 Å². The molecule has 10 heteroatoms. The zero-order valence-electron chi connectivity index (χ0n) is 17.8. The number of nitro groups is 1. The zero-order chi connectivity index (χ0) is 22.8. The molecule has 0 bridgehead atoms. The van der Waals surface area contributed by atoms with Gasteiger partial charge < -0.3 is 19.7 Å². The highest BCUT2D eigenvalue weighted by molar-refractivity contribution is 9.10. The summed E-state index contributed by atoms with van der Waals surface area (Å²) in [7, 11) is 0. The molecule has 0 unspecified atom stereocenters. The molecule has 1 saturated heterocycles. The van der Waals surface area contributed by atoms with E-state index in [1.165, 1.54) is 6.07 Å². The number of hydrogen-bond acceptors (Lipinski definition) is 7. The number of pyridine rings is 1. The maximum atomic E-state index is 12.2. The average Bonchev–Trinajstić information content (AvgIpc) is 2.64. The van der Waals surface area contributed by atoms with Crippen molar-refractivity contribution in [1.82, 2.24) is 9.88 Å². The van der Waals surface area contributed by atoms with E-state index in [4.69, 9.17) is 9.47 Å². The normalized spacial score (nSPS) is 15.1. The van der Waals surface area contributed by atoms with Crippen LogP contribution in [0, 0.1) is 10.1 Å². The first-order valence-electron chi connectivity index (χ1n) is 9.83. The van der Waals surface area contributed by atoms with Gasteiger partial charge in [-0.2, -0.15) is 0 Å². The minimum Gasteiger partial charge on any atom is -0.482 e. The van der Waals surface area contributed by atoms with Crippen molar-refractivity contribution < 1.29 is 19.2 Å². The highest BCUT2D eigenvalue weighted by Crippen LogP contribution is 2.40. The first-order valence-corrected chi connectivity index (χ1v) is 10.6. The number of ether oxygens (including phenoxy) is 2. The molecule has 0 spiro atoms. The molecule has 0 radical (unpaired) electrons. The van der Waals surface area contributed by atoms with Crippen molar-refractivity contribution in [3.05, 3.63) is 56.8 Å². The van der Waals surface area contributed by atoms with Gasteiger partial charge in [-0.05, 0) is 45.9 Å². The Morgan fingerprint density at radius 1 is 1.35 bits per heavy atom. The van der Waals surface area contributed by atoms with E-state index >= 15 is 0 Å². The summed E-state index contributed by atoms with van der Waals surface area (Å²) in [6, 6.07) is 8.42. The molecule has 1 N–H and O–H groups in total. The molecule has 3 rings (SSSR count). The van der Waals surface area contributed by atoms with E-state index in [1.807, 2.05) is 19.1 Å². The van der Waals surface area contributed by atoms with Crippen molar-refractivity contribution in [2.75, 3.05) is 18.4 Å². The number of aromatic nitrogens is 1. The van der Waals surface area contributed by atoms with Gasteiger partial charge >= 0.3 is 6.09 Å². The highest BCUT2D eigenvalue weighted by atomic mass is 79.9. The van der Waals surface area contributed by atoms with Crippen molar-refractivity contribution in [1.29, 1.82) is 0 Å². The van der Waals surface area contributed by atoms with Gasteiger partial charge in [0.15, 0.2) is 11.4 Å². The summed E-state index contributed by atoms with van der Waals surface area (Å²) in [5.41, 5.74) is 0.275. The molecule has 0 saturated carbocycles. The molecule has 9 nitrogen and oxygen atoms in total. The molecule has 1 aromatic heterocycles. The fourth-order valence-corrected chi connectivity index (χ4v) is 3.49. The Balaban J connectivity index is 1.78. The van der Waals surface area contributed by atoms with Crippen molar-refractivity contribution in [2.24, 2.45) is 0 Å². The number of amides is 1. The smallest absolute Gasteiger partial charge is 0.410 e. The molecule has 1 amide bonds. The van der Waals surface area contributed by atoms with E-state index in [2.05, 4.69) is 26.2 Å². The Bertz CT molecular complexity index is 958. The largest absolute Gasteiger partial charge is 0.482 e. The van der Waals surface area contributed by atoms with Crippen LogP contribution in [0.3, 0.4) is 0 Å². The maximum absolute atomic E-state index is 12.2. The minimum atomic E-state index is -0.581. The number of carbonyl (C=O) groups excluding carboxylic acids is 1. The molecule has 1 aliphatic heterocycles. The Kier molecular flexibility index (Phi) is 6.68. The summed E-state index contributed by atoms with van der Waals surface area (Å²) < 4.78 is 11.9. The molecular formula is C21H25BrN4O5. The van der Waals surface area contributed by atoms with E-state index in [1.54, 1.807) is 44.0 Å². The van der Waals surface area contributed by atoms with Crippen LogP contribution in [0.2, 0.25) is 0 Å². The molecular weight excluding hydrogens is 468 g/mol. The van der Waals surface area contributed by atoms with Crippen LogP contribution in [-0.4, -0.2) is 45.6 Å². The number of rotatable bonds is 6. The number of likely N-dealkylation sites (tertiary alicyclic amines) is 1. The first-order chi connectivity index (χ1) is 14.5. The maximum Gasteiger partial charge on any atom is 0.410 e. The van der Waals surface area contributed by atoms with Crippen LogP contribution >= 0.6 is 15.9 Å². The second-order valence-electron chi connectivity index (χ2n) is 8.30. The lowest BCUT2D eigenvalue weighted by molar-refractivity contribution is -0.384. The Labute approximate surface area is 189 Å². The molecule has 2 heterocycles. The van der Waals surface area contributed by atoms with Crippen LogP contribution in [0.15, 0.2) is 41.0 Å². The lowest BCUT2D eigenvalue weighted by Gasteiger charge is -2.40. The summed E-state index contributed by atoms with van der Waals surface area (Å²) in [6.07, 6.45) is 0.837. The number of nitro benzene ring substituents is 1. The molecule has 0 aliphatic carbocycles. The number of benzene rings is 1. The molecule has 166 valence electrons. The molecule has 1 aromatic carbocycles. The Hall–Kier alpha value is -2.88. The molecule has 31 heavy (non-hydrogen) atoms. The van der Waals surface area contributed by atoms with E-state index in [-0.39, 0.29) is 17.4 Å². The number of carbonyl (C=O) groups is 1. The number of hydrogen-bond donors (Lipinski definition) is 1. The van der Waals surface area contributed by atoms with Crippen molar-refractivity contribution >= 4 is 33.4 Å². The third-order valence-corrected chi connectivity index (χ3v) is 4.99. The predicted octanol–water partition coefficient (Wildman–Crippen LogP) is 4.92. The molecule has 1 fully saturated rings. The third kappa shape index (κ3) is 5.84. The molecule has 2 aromatic rings. The van der Waals surface area contributed by atoms with Gasteiger partial charge in [0.05, 0.1) is 16.7 Å². The quantitative estimate of drug-likeness (QED) is 0.450. The van der Waals surface area contributed by atoms with Gasteiger partial charge in [0.1, 0.15) is 11.7 Å². The first kappa shape index (κ1) is 22.8.